The van der Waals surface area contributed by atoms with E-state index >= 15 is 0 Å². The van der Waals surface area contributed by atoms with Gasteiger partial charge in [-0.2, -0.15) is 0 Å². The third kappa shape index (κ3) is 2.82. The zero-order valence-electron chi connectivity index (χ0n) is 11.2. The molecule has 0 aromatic rings. The zero-order chi connectivity index (χ0) is 12.5. The Hall–Kier alpha value is -0.570. The summed E-state index contributed by atoms with van der Waals surface area (Å²) in [7, 11) is 0. The second kappa shape index (κ2) is 4.97. The van der Waals surface area contributed by atoms with Gasteiger partial charge in [-0.3, -0.25) is 4.79 Å². The minimum atomic E-state index is 0.164. The standard InChI is InChI=1S/C14H26N2O/c1-14(2)9-5-6-10(14)13(17)16-12-8-4-3-7-11(12)15/h10-12H,3-9,15H2,1-2H3,(H,16,17). The van der Waals surface area contributed by atoms with Crippen molar-refractivity contribution in [2.45, 2.75) is 70.9 Å². The Kier molecular flexibility index (Phi) is 3.76. The first-order chi connectivity index (χ1) is 8.00. The van der Waals surface area contributed by atoms with Gasteiger partial charge in [-0.15, -0.1) is 0 Å². The number of amides is 1. The molecule has 0 aromatic carbocycles. The predicted octanol–water partition coefficient (Wildman–Crippen LogP) is 2.20. The topological polar surface area (TPSA) is 55.1 Å². The first-order valence-corrected chi connectivity index (χ1v) is 7.07. The molecule has 3 nitrogen and oxygen atoms in total. The van der Waals surface area contributed by atoms with Crippen LogP contribution in [0, 0.1) is 11.3 Å². The van der Waals surface area contributed by atoms with Gasteiger partial charge in [0.25, 0.3) is 0 Å². The van der Waals surface area contributed by atoms with E-state index < -0.39 is 0 Å². The van der Waals surface area contributed by atoms with Gasteiger partial charge in [-0.05, 0) is 31.1 Å². The Labute approximate surface area is 105 Å². The van der Waals surface area contributed by atoms with Gasteiger partial charge < -0.3 is 11.1 Å². The fourth-order valence-corrected chi connectivity index (χ4v) is 3.43. The number of nitrogens with two attached hydrogens (primary N) is 1. The maximum Gasteiger partial charge on any atom is 0.223 e. The molecule has 1 amide bonds. The van der Waals surface area contributed by atoms with Crippen LogP contribution in [0.25, 0.3) is 0 Å². The average molecular weight is 238 g/mol. The molecule has 17 heavy (non-hydrogen) atoms. The number of nitrogens with one attached hydrogen (secondary N) is 1. The van der Waals surface area contributed by atoms with Crippen molar-refractivity contribution in [3.05, 3.63) is 0 Å². The third-order valence-corrected chi connectivity index (χ3v) is 4.72. The lowest BCUT2D eigenvalue weighted by atomic mass is 9.81. The molecule has 2 saturated carbocycles. The third-order valence-electron chi connectivity index (χ3n) is 4.72. The van der Waals surface area contributed by atoms with E-state index in [1.807, 2.05) is 0 Å². The summed E-state index contributed by atoms with van der Waals surface area (Å²) >= 11 is 0. The number of carbonyl (C=O) groups is 1. The molecule has 2 aliphatic rings. The molecule has 0 aliphatic heterocycles. The molecule has 2 aliphatic carbocycles. The van der Waals surface area contributed by atoms with Crippen LogP contribution in [0.1, 0.15) is 58.8 Å². The minimum Gasteiger partial charge on any atom is -0.352 e. The molecule has 98 valence electrons. The van der Waals surface area contributed by atoms with E-state index in [2.05, 4.69) is 19.2 Å². The summed E-state index contributed by atoms with van der Waals surface area (Å²) in [6.07, 6.45) is 7.92. The second-order valence-electron chi connectivity index (χ2n) is 6.50. The largest absolute Gasteiger partial charge is 0.352 e. The van der Waals surface area contributed by atoms with Gasteiger partial charge >= 0.3 is 0 Å². The van der Waals surface area contributed by atoms with Crippen molar-refractivity contribution in [1.82, 2.24) is 5.32 Å². The van der Waals surface area contributed by atoms with E-state index in [9.17, 15) is 4.79 Å². The molecule has 0 aromatic heterocycles. The smallest absolute Gasteiger partial charge is 0.223 e. The van der Waals surface area contributed by atoms with Crippen LogP contribution in [0.5, 0.6) is 0 Å². The molecule has 3 N–H and O–H groups in total. The van der Waals surface area contributed by atoms with Crippen molar-refractivity contribution in [2.24, 2.45) is 17.1 Å². The van der Waals surface area contributed by atoms with E-state index in [-0.39, 0.29) is 29.3 Å². The molecule has 0 heterocycles. The highest BCUT2D eigenvalue weighted by molar-refractivity contribution is 5.80. The second-order valence-corrected chi connectivity index (χ2v) is 6.50. The highest BCUT2D eigenvalue weighted by Gasteiger charge is 2.40. The van der Waals surface area contributed by atoms with Crippen LogP contribution < -0.4 is 11.1 Å². The van der Waals surface area contributed by atoms with Crippen LogP contribution in [0.2, 0.25) is 0 Å². The Morgan fingerprint density at radius 1 is 1.18 bits per heavy atom. The lowest BCUT2D eigenvalue weighted by Gasteiger charge is -2.33. The normalized spacial score (nSPS) is 36.8. The maximum absolute atomic E-state index is 12.3. The molecule has 0 bridgehead atoms. The lowest BCUT2D eigenvalue weighted by Crippen LogP contribution is -2.51. The van der Waals surface area contributed by atoms with Crippen LogP contribution in [-0.2, 0) is 4.79 Å². The minimum absolute atomic E-state index is 0.164. The molecular formula is C14H26N2O. The van der Waals surface area contributed by atoms with Gasteiger partial charge in [0.15, 0.2) is 0 Å². The van der Waals surface area contributed by atoms with Crippen molar-refractivity contribution in [3.63, 3.8) is 0 Å². The maximum atomic E-state index is 12.3. The summed E-state index contributed by atoms with van der Waals surface area (Å²) in [5, 5.41) is 3.20. The Bertz CT molecular complexity index is 288. The van der Waals surface area contributed by atoms with Crippen LogP contribution in [0.4, 0.5) is 0 Å². The number of carbonyl (C=O) groups excluding carboxylic acids is 1. The Balaban J connectivity index is 1.92. The summed E-state index contributed by atoms with van der Waals surface area (Å²) in [4.78, 5) is 12.3. The van der Waals surface area contributed by atoms with Gasteiger partial charge in [0.1, 0.15) is 0 Å². The first-order valence-electron chi connectivity index (χ1n) is 7.07. The molecule has 3 heteroatoms. The van der Waals surface area contributed by atoms with E-state index in [1.54, 1.807) is 0 Å². The van der Waals surface area contributed by atoms with Crippen LogP contribution in [-0.4, -0.2) is 18.0 Å². The molecule has 0 spiro atoms. The molecule has 0 saturated heterocycles. The molecule has 3 unspecified atom stereocenters. The quantitative estimate of drug-likeness (QED) is 0.775. The van der Waals surface area contributed by atoms with Crippen LogP contribution in [0.3, 0.4) is 0 Å². The van der Waals surface area contributed by atoms with Crippen molar-refractivity contribution in [3.8, 4) is 0 Å². The average Bonchev–Trinajstić information content (AvgIpc) is 2.61. The Morgan fingerprint density at radius 3 is 2.47 bits per heavy atom. The van der Waals surface area contributed by atoms with Gasteiger partial charge in [0.2, 0.25) is 5.91 Å². The highest BCUT2D eigenvalue weighted by Crippen LogP contribution is 2.42. The summed E-state index contributed by atoms with van der Waals surface area (Å²) < 4.78 is 0. The van der Waals surface area contributed by atoms with Crippen molar-refractivity contribution in [1.29, 1.82) is 0 Å². The lowest BCUT2D eigenvalue weighted by molar-refractivity contribution is -0.128. The van der Waals surface area contributed by atoms with E-state index in [1.165, 1.54) is 25.7 Å². The Morgan fingerprint density at radius 2 is 1.88 bits per heavy atom. The summed E-state index contributed by atoms with van der Waals surface area (Å²) in [6, 6.07) is 0.380. The fourth-order valence-electron chi connectivity index (χ4n) is 3.43. The molecular weight excluding hydrogens is 212 g/mol. The van der Waals surface area contributed by atoms with Crippen molar-refractivity contribution in [2.75, 3.05) is 0 Å². The fraction of sp³-hybridized carbons (Fsp3) is 0.929. The molecule has 2 rings (SSSR count). The first kappa shape index (κ1) is 12.9. The van der Waals surface area contributed by atoms with Crippen LogP contribution in [0.15, 0.2) is 0 Å². The van der Waals surface area contributed by atoms with Crippen molar-refractivity contribution < 1.29 is 4.79 Å². The zero-order valence-corrected chi connectivity index (χ0v) is 11.2. The van der Waals surface area contributed by atoms with E-state index in [0.717, 1.165) is 19.3 Å². The summed E-state index contributed by atoms with van der Waals surface area (Å²) in [5.74, 6) is 0.437. The van der Waals surface area contributed by atoms with E-state index in [4.69, 9.17) is 5.73 Å². The monoisotopic (exact) mass is 238 g/mol. The predicted molar refractivity (Wildman–Crippen MR) is 69.5 cm³/mol. The van der Waals surface area contributed by atoms with Crippen LogP contribution >= 0.6 is 0 Å². The van der Waals surface area contributed by atoms with Crippen molar-refractivity contribution >= 4 is 5.91 Å². The molecule has 3 atom stereocenters. The highest BCUT2D eigenvalue weighted by atomic mass is 16.2. The number of rotatable bonds is 2. The number of hydrogen-bond acceptors (Lipinski definition) is 2. The molecule has 2 fully saturated rings. The van der Waals surface area contributed by atoms with Gasteiger partial charge in [0.05, 0.1) is 0 Å². The molecule has 0 radical (unpaired) electrons. The van der Waals surface area contributed by atoms with E-state index in [0.29, 0.717) is 0 Å². The van der Waals surface area contributed by atoms with Gasteiger partial charge in [0, 0.05) is 18.0 Å². The van der Waals surface area contributed by atoms with Gasteiger partial charge in [-0.1, -0.05) is 33.1 Å². The van der Waals surface area contributed by atoms with Gasteiger partial charge in [-0.25, -0.2) is 0 Å². The summed E-state index contributed by atoms with van der Waals surface area (Å²) in [6.45, 7) is 4.43. The summed E-state index contributed by atoms with van der Waals surface area (Å²) in [5.41, 5.74) is 6.25. The number of hydrogen-bond donors (Lipinski definition) is 2. The SMILES string of the molecule is CC1(C)CCCC1C(=O)NC1CCCCC1N.